The number of fused-ring (bicyclic) bond motifs is 1. The molecule has 1 atom stereocenters. The van der Waals surface area contributed by atoms with Crippen molar-refractivity contribution < 1.29 is 4.74 Å². The third-order valence-electron chi connectivity index (χ3n) is 3.42. The SMILES string of the molecule is CCN(CC)C1c2ccccc2OC1(C)C. The summed E-state index contributed by atoms with van der Waals surface area (Å²) in [5.41, 5.74) is 1.20. The summed E-state index contributed by atoms with van der Waals surface area (Å²) in [6, 6.07) is 8.77. The molecule has 16 heavy (non-hydrogen) atoms. The highest BCUT2D eigenvalue weighted by Gasteiger charge is 2.43. The number of ether oxygens (including phenoxy) is 1. The molecule has 0 aromatic heterocycles. The molecule has 1 aliphatic rings. The van der Waals surface area contributed by atoms with E-state index in [9.17, 15) is 0 Å². The normalized spacial score (nSPS) is 21.9. The largest absolute Gasteiger partial charge is 0.486 e. The number of benzene rings is 1. The van der Waals surface area contributed by atoms with Crippen molar-refractivity contribution in [2.45, 2.75) is 39.3 Å². The Morgan fingerprint density at radius 1 is 1.19 bits per heavy atom. The van der Waals surface area contributed by atoms with Crippen LogP contribution < -0.4 is 4.74 Å². The van der Waals surface area contributed by atoms with Gasteiger partial charge in [-0.1, -0.05) is 32.0 Å². The van der Waals surface area contributed by atoms with Crippen molar-refractivity contribution in [3.63, 3.8) is 0 Å². The van der Waals surface area contributed by atoms with E-state index in [1.807, 2.05) is 6.07 Å². The van der Waals surface area contributed by atoms with Crippen LogP contribution in [0.25, 0.3) is 0 Å². The number of rotatable bonds is 3. The summed E-state index contributed by atoms with van der Waals surface area (Å²) in [6.45, 7) is 10.9. The summed E-state index contributed by atoms with van der Waals surface area (Å²) < 4.78 is 6.05. The maximum absolute atomic E-state index is 6.05. The standard InChI is InChI=1S/C14H21NO/c1-5-15(6-2)13-11-9-7-8-10-12(11)16-14(13,3)4/h7-10,13H,5-6H2,1-4H3. The fourth-order valence-corrected chi connectivity index (χ4v) is 2.74. The summed E-state index contributed by atoms with van der Waals surface area (Å²) in [5.74, 6) is 1.05. The van der Waals surface area contributed by atoms with Gasteiger partial charge in [0.05, 0.1) is 6.04 Å². The van der Waals surface area contributed by atoms with Gasteiger partial charge >= 0.3 is 0 Å². The number of likely N-dealkylation sites (N-methyl/N-ethyl adjacent to an activating group) is 1. The van der Waals surface area contributed by atoms with Crippen LogP contribution in [0.1, 0.15) is 39.3 Å². The minimum absolute atomic E-state index is 0.129. The van der Waals surface area contributed by atoms with Gasteiger partial charge in [0.15, 0.2) is 0 Å². The third-order valence-corrected chi connectivity index (χ3v) is 3.42. The Morgan fingerprint density at radius 3 is 2.44 bits per heavy atom. The minimum atomic E-state index is -0.129. The first-order valence-electron chi connectivity index (χ1n) is 6.12. The molecule has 0 N–H and O–H groups in total. The molecule has 2 nitrogen and oxygen atoms in total. The van der Waals surface area contributed by atoms with Gasteiger partial charge < -0.3 is 4.74 Å². The molecule has 0 aliphatic carbocycles. The van der Waals surface area contributed by atoms with Crippen LogP contribution in [0.5, 0.6) is 5.75 Å². The number of hydrogen-bond donors (Lipinski definition) is 0. The Morgan fingerprint density at radius 2 is 1.81 bits per heavy atom. The van der Waals surface area contributed by atoms with Crippen LogP contribution in [-0.4, -0.2) is 23.6 Å². The highest BCUT2D eigenvalue weighted by molar-refractivity contribution is 5.42. The van der Waals surface area contributed by atoms with E-state index in [-0.39, 0.29) is 5.60 Å². The van der Waals surface area contributed by atoms with Crippen molar-refractivity contribution in [1.29, 1.82) is 0 Å². The molecule has 1 aromatic rings. The smallest absolute Gasteiger partial charge is 0.125 e. The fourth-order valence-electron chi connectivity index (χ4n) is 2.74. The van der Waals surface area contributed by atoms with Gasteiger partial charge in [-0.2, -0.15) is 0 Å². The Bertz CT molecular complexity index is 369. The molecule has 1 unspecified atom stereocenters. The molecule has 88 valence electrons. The van der Waals surface area contributed by atoms with E-state index in [1.54, 1.807) is 0 Å². The molecule has 2 heteroatoms. The lowest BCUT2D eigenvalue weighted by molar-refractivity contribution is 0.0335. The van der Waals surface area contributed by atoms with Gasteiger partial charge in [0.25, 0.3) is 0 Å². The average Bonchev–Trinajstić information content (AvgIpc) is 2.52. The lowest BCUT2D eigenvalue weighted by atomic mass is 9.93. The highest BCUT2D eigenvalue weighted by Crippen LogP contribution is 2.45. The first-order chi connectivity index (χ1) is 7.60. The quantitative estimate of drug-likeness (QED) is 0.773. The Hall–Kier alpha value is -1.02. The average molecular weight is 219 g/mol. The lowest BCUT2D eigenvalue weighted by Gasteiger charge is -2.35. The highest BCUT2D eigenvalue weighted by atomic mass is 16.5. The van der Waals surface area contributed by atoms with Gasteiger partial charge in [0.2, 0.25) is 0 Å². The maximum atomic E-state index is 6.05. The zero-order chi connectivity index (χ0) is 11.8. The number of hydrogen-bond acceptors (Lipinski definition) is 2. The van der Waals surface area contributed by atoms with Crippen molar-refractivity contribution in [2.24, 2.45) is 0 Å². The Balaban J connectivity index is 2.42. The van der Waals surface area contributed by atoms with Crippen molar-refractivity contribution >= 4 is 0 Å². The van der Waals surface area contributed by atoms with E-state index in [0.717, 1.165) is 18.8 Å². The minimum Gasteiger partial charge on any atom is -0.486 e. The van der Waals surface area contributed by atoms with Crippen molar-refractivity contribution in [2.75, 3.05) is 13.1 Å². The van der Waals surface area contributed by atoms with E-state index >= 15 is 0 Å². The molecular weight excluding hydrogens is 198 g/mol. The molecule has 1 aromatic carbocycles. The summed E-state index contributed by atoms with van der Waals surface area (Å²) in [7, 11) is 0. The predicted molar refractivity (Wildman–Crippen MR) is 66.8 cm³/mol. The number of para-hydroxylation sites is 1. The number of nitrogens with zero attached hydrogens (tertiary/aromatic N) is 1. The fraction of sp³-hybridized carbons (Fsp3) is 0.571. The monoisotopic (exact) mass is 219 g/mol. The Labute approximate surface area is 98.2 Å². The van der Waals surface area contributed by atoms with Crippen LogP contribution >= 0.6 is 0 Å². The van der Waals surface area contributed by atoms with Crippen LogP contribution in [0, 0.1) is 0 Å². The molecule has 1 aliphatic heterocycles. The van der Waals surface area contributed by atoms with Gasteiger partial charge in [-0.25, -0.2) is 0 Å². The van der Waals surface area contributed by atoms with Crippen LogP contribution in [0.15, 0.2) is 24.3 Å². The second-order valence-corrected chi connectivity index (χ2v) is 4.87. The molecule has 0 radical (unpaired) electrons. The second kappa shape index (κ2) is 4.10. The topological polar surface area (TPSA) is 12.5 Å². The zero-order valence-electron chi connectivity index (χ0n) is 10.7. The lowest BCUT2D eigenvalue weighted by Crippen LogP contribution is -2.42. The molecule has 0 spiro atoms. The first kappa shape index (κ1) is 11.5. The van der Waals surface area contributed by atoms with Gasteiger partial charge in [0, 0.05) is 5.56 Å². The van der Waals surface area contributed by atoms with E-state index in [2.05, 4.69) is 50.8 Å². The van der Waals surface area contributed by atoms with Crippen molar-refractivity contribution in [1.82, 2.24) is 4.90 Å². The van der Waals surface area contributed by atoms with Crippen LogP contribution in [0.2, 0.25) is 0 Å². The van der Waals surface area contributed by atoms with Crippen molar-refractivity contribution in [3.8, 4) is 5.75 Å². The summed E-state index contributed by atoms with van der Waals surface area (Å²) in [5, 5.41) is 0. The molecule has 0 amide bonds. The van der Waals surface area contributed by atoms with E-state index in [4.69, 9.17) is 4.74 Å². The third kappa shape index (κ3) is 1.71. The molecule has 0 saturated heterocycles. The van der Waals surface area contributed by atoms with Crippen LogP contribution in [-0.2, 0) is 0 Å². The van der Waals surface area contributed by atoms with E-state index in [1.165, 1.54) is 5.56 Å². The molecule has 0 fully saturated rings. The maximum Gasteiger partial charge on any atom is 0.125 e. The first-order valence-corrected chi connectivity index (χ1v) is 6.12. The Kier molecular flexibility index (Phi) is 2.94. The summed E-state index contributed by atoms with van der Waals surface area (Å²) in [6.07, 6.45) is 0. The van der Waals surface area contributed by atoms with E-state index in [0.29, 0.717) is 6.04 Å². The molecular formula is C14H21NO. The van der Waals surface area contributed by atoms with Gasteiger partial charge in [0.1, 0.15) is 11.4 Å². The second-order valence-electron chi connectivity index (χ2n) is 4.87. The summed E-state index contributed by atoms with van der Waals surface area (Å²) in [4.78, 5) is 2.46. The van der Waals surface area contributed by atoms with Crippen molar-refractivity contribution in [3.05, 3.63) is 29.8 Å². The van der Waals surface area contributed by atoms with Gasteiger partial charge in [-0.3, -0.25) is 4.90 Å². The van der Waals surface area contributed by atoms with Crippen LogP contribution in [0.4, 0.5) is 0 Å². The molecule has 2 rings (SSSR count). The predicted octanol–water partition coefficient (Wildman–Crippen LogP) is 3.24. The summed E-state index contributed by atoms with van der Waals surface area (Å²) >= 11 is 0. The van der Waals surface area contributed by atoms with E-state index < -0.39 is 0 Å². The van der Waals surface area contributed by atoms with Gasteiger partial charge in [-0.05, 0) is 33.0 Å². The van der Waals surface area contributed by atoms with Gasteiger partial charge in [-0.15, -0.1) is 0 Å². The molecule has 1 heterocycles. The van der Waals surface area contributed by atoms with Crippen LogP contribution in [0.3, 0.4) is 0 Å². The molecule has 0 saturated carbocycles. The molecule has 0 bridgehead atoms. The zero-order valence-corrected chi connectivity index (χ0v) is 10.7.